The summed E-state index contributed by atoms with van der Waals surface area (Å²) in [5.41, 5.74) is 0. The highest BCUT2D eigenvalue weighted by Gasteiger charge is 2.37. The van der Waals surface area contributed by atoms with Gasteiger partial charge < -0.3 is 14.8 Å². The van der Waals surface area contributed by atoms with Gasteiger partial charge in [-0.15, -0.1) is 0 Å². The van der Waals surface area contributed by atoms with Gasteiger partial charge in [0.2, 0.25) is 0 Å². The van der Waals surface area contributed by atoms with E-state index in [9.17, 15) is 9.90 Å². The van der Waals surface area contributed by atoms with Crippen LogP contribution in [0.1, 0.15) is 30.8 Å². The topological polar surface area (TPSA) is 65.7 Å². The number of nitrogens with zero attached hydrogens (tertiary/aromatic N) is 1. The van der Waals surface area contributed by atoms with E-state index in [-0.39, 0.29) is 0 Å². The van der Waals surface area contributed by atoms with Gasteiger partial charge in [-0.3, -0.25) is 9.69 Å². The number of furan rings is 1. The third kappa shape index (κ3) is 2.67. The number of carbonyl (C=O) groups is 1. The maximum atomic E-state index is 11.2. The number of aliphatic carboxylic acids is 1. The molecule has 1 aliphatic heterocycles. The summed E-state index contributed by atoms with van der Waals surface area (Å²) in [5, 5.41) is 12.3. The molecule has 0 bridgehead atoms. The molecule has 5 heteroatoms. The van der Waals surface area contributed by atoms with Gasteiger partial charge in [-0.05, 0) is 24.5 Å². The SMILES string of the molecule is CC1CC1c1ccc(CN2CCNCC2C(=O)O)o1. The van der Waals surface area contributed by atoms with Crippen LogP contribution in [-0.2, 0) is 11.3 Å². The molecule has 2 heterocycles. The van der Waals surface area contributed by atoms with Crippen LogP contribution in [0.3, 0.4) is 0 Å². The van der Waals surface area contributed by atoms with E-state index in [4.69, 9.17) is 4.42 Å². The molecule has 3 rings (SSSR count). The van der Waals surface area contributed by atoms with E-state index in [0.29, 0.717) is 19.0 Å². The lowest BCUT2D eigenvalue weighted by molar-refractivity contribution is -0.144. The molecule has 0 radical (unpaired) electrons. The van der Waals surface area contributed by atoms with Crippen molar-refractivity contribution in [2.45, 2.75) is 31.8 Å². The minimum absolute atomic E-state index is 0.456. The molecule has 1 saturated heterocycles. The Kier molecular flexibility index (Phi) is 3.33. The van der Waals surface area contributed by atoms with E-state index >= 15 is 0 Å². The Labute approximate surface area is 112 Å². The van der Waals surface area contributed by atoms with Crippen molar-refractivity contribution in [1.82, 2.24) is 10.2 Å². The van der Waals surface area contributed by atoms with Gasteiger partial charge in [0.1, 0.15) is 17.6 Å². The predicted molar refractivity (Wildman–Crippen MR) is 69.9 cm³/mol. The van der Waals surface area contributed by atoms with Crippen molar-refractivity contribution < 1.29 is 14.3 Å². The molecule has 1 aliphatic carbocycles. The number of hydrogen-bond donors (Lipinski definition) is 2. The molecule has 3 atom stereocenters. The summed E-state index contributed by atoms with van der Waals surface area (Å²) < 4.78 is 5.85. The molecule has 0 aromatic carbocycles. The molecule has 0 spiro atoms. The van der Waals surface area contributed by atoms with Crippen LogP contribution in [0.15, 0.2) is 16.5 Å². The van der Waals surface area contributed by atoms with Gasteiger partial charge in [0.15, 0.2) is 0 Å². The summed E-state index contributed by atoms with van der Waals surface area (Å²) in [4.78, 5) is 13.2. The van der Waals surface area contributed by atoms with Crippen molar-refractivity contribution in [2.24, 2.45) is 5.92 Å². The second-order valence-electron chi connectivity index (χ2n) is 5.65. The summed E-state index contributed by atoms with van der Waals surface area (Å²) in [6.45, 7) is 4.88. The minimum Gasteiger partial charge on any atom is -0.480 e. The van der Waals surface area contributed by atoms with Gasteiger partial charge in [-0.1, -0.05) is 6.92 Å². The van der Waals surface area contributed by atoms with Crippen LogP contribution >= 0.6 is 0 Å². The second kappa shape index (κ2) is 4.98. The molecule has 1 aromatic heterocycles. The van der Waals surface area contributed by atoms with E-state index in [1.54, 1.807) is 0 Å². The molecule has 2 fully saturated rings. The van der Waals surface area contributed by atoms with Crippen LogP contribution in [0.5, 0.6) is 0 Å². The quantitative estimate of drug-likeness (QED) is 0.857. The first kappa shape index (κ1) is 12.7. The second-order valence-corrected chi connectivity index (χ2v) is 5.65. The van der Waals surface area contributed by atoms with Crippen LogP contribution < -0.4 is 5.32 Å². The highest BCUT2D eigenvalue weighted by molar-refractivity contribution is 5.73. The van der Waals surface area contributed by atoms with Crippen molar-refractivity contribution in [3.63, 3.8) is 0 Å². The minimum atomic E-state index is -0.769. The van der Waals surface area contributed by atoms with Crippen molar-refractivity contribution in [3.8, 4) is 0 Å². The monoisotopic (exact) mass is 264 g/mol. The smallest absolute Gasteiger partial charge is 0.322 e. The first-order valence-electron chi connectivity index (χ1n) is 6.91. The van der Waals surface area contributed by atoms with E-state index < -0.39 is 12.0 Å². The Morgan fingerprint density at radius 1 is 1.58 bits per heavy atom. The molecule has 5 nitrogen and oxygen atoms in total. The number of carboxylic acid groups (broad SMARTS) is 1. The van der Waals surface area contributed by atoms with Crippen molar-refractivity contribution in [1.29, 1.82) is 0 Å². The predicted octanol–water partition coefficient (Wildman–Crippen LogP) is 1.26. The van der Waals surface area contributed by atoms with Gasteiger partial charge in [0.25, 0.3) is 0 Å². The Morgan fingerprint density at radius 2 is 2.37 bits per heavy atom. The first-order valence-corrected chi connectivity index (χ1v) is 6.91. The molecule has 1 aromatic rings. The average molecular weight is 264 g/mol. The Hall–Kier alpha value is -1.33. The molecule has 3 unspecified atom stereocenters. The molecular weight excluding hydrogens is 244 g/mol. The Balaban J connectivity index is 1.66. The van der Waals surface area contributed by atoms with Crippen molar-refractivity contribution >= 4 is 5.97 Å². The molecule has 1 saturated carbocycles. The zero-order chi connectivity index (χ0) is 13.4. The number of nitrogens with one attached hydrogen (secondary N) is 1. The third-order valence-corrected chi connectivity index (χ3v) is 4.16. The fourth-order valence-corrected chi connectivity index (χ4v) is 2.78. The summed E-state index contributed by atoms with van der Waals surface area (Å²) >= 11 is 0. The van der Waals surface area contributed by atoms with Gasteiger partial charge in [-0.25, -0.2) is 0 Å². The normalized spacial score (nSPS) is 31.3. The number of rotatable bonds is 4. The Bertz CT molecular complexity index is 471. The molecule has 104 valence electrons. The number of hydrogen-bond acceptors (Lipinski definition) is 4. The average Bonchev–Trinajstić information content (AvgIpc) is 2.94. The first-order chi connectivity index (χ1) is 9.15. The molecule has 2 aliphatic rings. The van der Waals surface area contributed by atoms with Crippen LogP contribution in [0, 0.1) is 5.92 Å². The summed E-state index contributed by atoms with van der Waals surface area (Å²) in [6, 6.07) is 3.57. The van der Waals surface area contributed by atoms with Crippen LogP contribution in [-0.4, -0.2) is 41.7 Å². The number of piperazine rings is 1. The zero-order valence-corrected chi connectivity index (χ0v) is 11.1. The Morgan fingerprint density at radius 3 is 3.05 bits per heavy atom. The largest absolute Gasteiger partial charge is 0.480 e. The summed E-state index contributed by atoms with van der Waals surface area (Å²) in [6.07, 6.45) is 1.21. The van der Waals surface area contributed by atoms with Gasteiger partial charge >= 0.3 is 5.97 Å². The summed E-state index contributed by atoms with van der Waals surface area (Å²) in [7, 11) is 0. The molecule has 2 N–H and O–H groups in total. The fraction of sp³-hybridized carbons (Fsp3) is 0.643. The highest BCUT2D eigenvalue weighted by Crippen LogP contribution is 2.47. The lowest BCUT2D eigenvalue weighted by atomic mass is 10.2. The zero-order valence-electron chi connectivity index (χ0n) is 11.1. The lowest BCUT2D eigenvalue weighted by Crippen LogP contribution is -2.54. The highest BCUT2D eigenvalue weighted by atomic mass is 16.4. The number of carboxylic acids is 1. The van der Waals surface area contributed by atoms with Crippen LogP contribution in [0.2, 0.25) is 0 Å². The van der Waals surface area contributed by atoms with Crippen LogP contribution in [0.4, 0.5) is 0 Å². The van der Waals surface area contributed by atoms with E-state index in [1.807, 2.05) is 17.0 Å². The van der Waals surface area contributed by atoms with E-state index in [1.165, 1.54) is 6.42 Å². The maximum absolute atomic E-state index is 11.2. The standard InChI is InChI=1S/C14H20N2O3/c1-9-6-11(9)13-3-2-10(19-13)8-16-5-4-15-7-12(16)14(17)18/h2-3,9,11-12,15H,4-8H2,1H3,(H,17,18). The van der Waals surface area contributed by atoms with Gasteiger partial charge in [-0.2, -0.15) is 0 Å². The van der Waals surface area contributed by atoms with Crippen molar-refractivity contribution in [3.05, 3.63) is 23.7 Å². The van der Waals surface area contributed by atoms with Crippen LogP contribution in [0.25, 0.3) is 0 Å². The molecular formula is C14H20N2O3. The third-order valence-electron chi connectivity index (χ3n) is 4.16. The lowest BCUT2D eigenvalue weighted by Gasteiger charge is -2.32. The fourth-order valence-electron chi connectivity index (χ4n) is 2.78. The molecule has 19 heavy (non-hydrogen) atoms. The maximum Gasteiger partial charge on any atom is 0.322 e. The van der Waals surface area contributed by atoms with Gasteiger partial charge in [0, 0.05) is 25.6 Å². The molecule has 0 amide bonds. The van der Waals surface area contributed by atoms with E-state index in [0.717, 1.165) is 30.5 Å². The summed E-state index contributed by atoms with van der Waals surface area (Å²) in [5.74, 6) is 2.47. The van der Waals surface area contributed by atoms with Gasteiger partial charge in [0.05, 0.1) is 6.54 Å². The van der Waals surface area contributed by atoms with Crippen molar-refractivity contribution in [2.75, 3.05) is 19.6 Å². The van der Waals surface area contributed by atoms with E-state index in [2.05, 4.69) is 12.2 Å².